The fourth-order valence-corrected chi connectivity index (χ4v) is 1.67. The molecule has 1 aromatic carbocycles. The van der Waals surface area contributed by atoms with Crippen molar-refractivity contribution in [1.82, 2.24) is 10.6 Å². The van der Waals surface area contributed by atoms with Crippen LogP contribution in [0.3, 0.4) is 0 Å². The van der Waals surface area contributed by atoms with Gasteiger partial charge in [0.05, 0.1) is 0 Å². The van der Waals surface area contributed by atoms with E-state index >= 15 is 0 Å². The minimum absolute atomic E-state index is 0.0543. The quantitative estimate of drug-likeness (QED) is 0.686. The molecule has 0 atom stereocenters. The summed E-state index contributed by atoms with van der Waals surface area (Å²) in [4.78, 5) is 22.3. The predicted octanol–water partition coefficient (Wildman–Crippen LogP) is 1.90. The van der Waals surface area contributed by atoms with Gasteiger partial charge in [0.1, 0.15) is 0 Å². The van der Waals surface area contributed by atoms with E-state index in [-0.39, 0.29) is 11.9 Å². The lowest BCUT2D eigenvalue weighted by Gasteiger charge is -2.10. The number of amides is 3. The summed E-state index contributed by atoms with van der Waals surface area (Å²) in [6.45, 7) is 4.62. The van der Waals surface area contributed by atoms with Gasteiger partial charge in [-0.25, -0.2) is 4.79 Å². The van der Waals surface area contributed by atoms with Crippen molar-refractivity contribution in [1.29, 1.82) is 0 Å². The van der Waals surface area contributed by atoms with Crippen LogP contribution in [0.15, 0.2) is 24.3 Å². The number of hydrogen-bond acceptors (Lipinski definition) is 2. The van der Waals surface area contributed by atoms with E-state index in [2.05, 4.69) is 16.0 Å². The fraction of sp³-hybridized carbons (Fsp3) is 0.429. The molecule has 5 nitrogen and oxygen atoms in total. The van der Waals surface area contributed by atoms with Crippen LogP contribution in [-0.4, -0.2) is 25.0 Å². The highest BCUT2D eigenvalue weighted by Crippen LogP contribution is 2.14. The van der Waals surface area contributed by atoms with Crippen LogP contribution in [0.5, 0.6) is 0 Å². The minimum atomic E-state index is -0.219. The third-order valence-electron chi connectivity index (χ3n) is 2.66. The second-order valence-electron chi connectivity index (χ2n) is 4.23. The van der Waals surface area contributed by atoms with Crippen LogP contribution in [-0.2, 0) is 11.2 Å². The number of nitrogens with one attached hydrogen (secondary N) is 3. The second kappa shape index (κ2) is 8.13. The molecular formula is C14H21N3O2. The minimum Gasteiger partial charge on any atom is -0.356 e. The van der Waals surface area contributed by atoms with Gasteiger partial charge in [0.25, 0.3) is 0 Å². The Balaban J connectivity index is 2.29. The number of aryl methyl sites for hydroxylation is 1. The topological polar surface area (TPSA) is 70.2 Å². The first-order chi connectivity index (χ1) is 9.13. The number of urea groups is 1. The zero-order valence-electron chi connectivity index (χ0n) is 11.5. The van der Waals surface area contributed by atoms with Crippen LogP contribution >= 0.6 is 0 Å². The highest BCUT2D eigenvalue weighted by molar-refractivity contribution is 5.90. The predicted molar refractivity (Wildman–Crippen MR) is 76.1 cm³/mol. The van der Waals surface area contributed by atoms with Gasteiger partial charge in [-0.2, -0.15) is 0 Å². The first-order valence-corrected chi connectivity index (χ1v) is 6.50. The lowest BCUT2D eigenvalue weighted by molar-refractivity contribution is -0.118. The summed E-state index contributed by atoms with van der Waals surface area (Å²) in [6, 6.07) is 7.51. The second-order valence-corrected chi connectivity index (χ2v) is 4.23. The van der Waals surface area contributed by atoms with E-state index in [0.29, 0.717) is 19.5 Å². The Hall–Kier alpha value is -2.04. The molecule has 0 aromatic heterocycles. The number of anilines is 1. The molecule has 3 amide bonds. The largest absolute Gasteiger partial charge is 0.356 e. The number of rotatable bonds is 6. The molecule has 5 heteroatoms. The Morgan fingerprint density at radius 3 is 2.47 bits per heavy atom. The molecule has 1 rings (SSSR count). The van der Waals surface area contributed by atoms with E-state index in [1.165, 1.54) is 6.92 Å². The smallest absolute Gasteiger partial charge is 0.319 e. The zero-order valence-corrected chi connectivity index (χ0v) is 11.5. The Morgan fingerprint density at radius 1 is 1.11 bits per heavy atom. The molecule has 19 heavy (non-hydrogen) atoms. The molecule has 3 N–H and O–H groups in total. The number of hydrogen-bond donors (Lipinski definition) is 3. The van der Waals surface area contributed by atoms with Crippen molar-refractivity contribution in [2.24, 2.45) is 0 Å². The van der Waals surface area contributed by atoms with Crippen LogP contribution in [0.25, 0.3) is 0 Å². The lowest BCUT2D eigenvalue weighted by Crippen LogP contribution is -2.32. The number of para-hydroxylation sites is 1. The van der Waals surface area contributed by atoms with E-state index in [0.717, 1.165) is 17.7 Å². The molecule has 0 bridgehead atoms. The highest BCUT2D eigenvalue weighted by atomic mass is 16.2. The standard InChI is InChI=1S/C14H21N3O2/c1-3-12-7-4-5-8-13(12)17-14(19)16-10-6-9-15-11(2)18/h4-5,7-8H,3,6,9-10H2,1-2H3,(H,15,18)(H2,16,17,19). The molecule has 0 radical (unpaired) electrons. The van der Waals surface area contributed by atoms with Gasteiger partial charge in [-0.15, -0.1) is 0 Å². The van der Waals surface area contributed by atoms with Crippen LogP contribution < -0.4 is 16.0 Å². The molecular weight excluding hydrogens is 242 g/mol. The summed E-state index contributed by atoms with van der Waals surface area (Å²) < 4.78 is 0. The van der Waals surface area contributed by atoms with Gasteiger partial charge < -0.3 is 16.0 Å². The van der Waals surface area contributed by atoms with Crippen molar-refractivity contribution in [3.05, 3.63) is 29.8 Å². The molecule has 0 aliphatic carbocycles. The van der Waals surface area contributed by atoms with Crippen molar-refractivity contribution in [3.63, 3.8) is 0 Å². The number of carbonyl (C=O) groups excluding carboxylic acids is 2. The van der Waals surface area contributed by atoms with Gasteiger partial charge in [0.2, 0.25) is 5.91 Å². The van der Waals surface area contributed by atoms with Gasteiger partial charge in [-0.3, -0.25) is 4.79 Å². The maximum Gasteiger partial charge on any atom is 0.319 e. The molecule has 0 saturated heterocycles. The first kappa shape index (κ1) is 15.0. The third kappa shape index (κ3) is 5.90. The monoisotopic (exact) mass is 263 g/mol. The van der Waals surface area contributed by atoms with Crippen LogP contribution in [0.1, 0.15) is 25.8 Å². The average Bonchev–Trinajstić information content (AvgIpc) is 2.38. The van der Waals surface area contributed by atoms with E-state index in [9.17, 15) is 9.59 Å². The molecule has 0 aliphatic heterocycles. The zero-order chi connectivity index (χ0) is 14.1. The Kier molecular flexibility index (Phi) is 6.43. The normalized spacial score (nSPS) is 9.79. The summed E-state index contributed by atoms with van der Waals surface area (Å²) >= 11 is 0. The molecule has 0 aliphatic rings. The van der Waals surface area contributed by atoms with Gasteiger partial charge in [0.15, 0.2) is 0 Å². The molecule has 1 aromatic rings. The SMILES string of the molecule is CCc1ccccc1NC(=O)NCCCNC(C)=O. The van der Waals surface area contributed by atoms with Crippen LogP contribution in [0.2, 0.25) is 0 Å². The molecule has 0 unspecified atom stereocenters. The first-order valence-electron chi connectivity index (χ1n) is 6.50. The Bertz CT molecular complexity index is 432. The van der Waals surface area contributed by atoms with Crippen molar-refractivity contribution in [2.45, 2.75) is 26.7 Å². The lowest BCUT2D eigenvalue weighted by atomic mass is 10.1. The van der Waals surface area contributed by atoms with Gasteiger partial charge in [-0.05, 0) is 24.5 Å². The van der Waals surface area contributed by atoms with E-state index in [1.54, 1.807) is 0 Å². The third-order valence-corrected chi connectivity index (χ3v) is 2.66. The van der Waals surface area contributed by atoms with Crippen molar-refractivity contribution in [2.75, 3.05) is 18.4 Å². The summed E-state index contributed by atoms with van der Waals surface area (Å²) in [5.41, 5.74) is 1.94. The summed E-state index contributed by atoms with van der Waals surface area (Å²) in [5.74, 6) is -0.0543. The summed E-state index contributed by atoms with van der Waals surface area (Å²) in [5, 5.41) is 8.26. The highest BCUT2D eigenvalue weighted by Gasteiger charge is 2.04. The van der Waals surface area contributed by atoms with E-state index < -0.39 is 0 Å². The molecule has 0 fully saturated rings. The van der Waals surface area contributed by atoms with Crippen LogP contribution in [0.4, 0.5) is 10.5 Å². The van der Waals surface area contributed by atoms with Gasteiger partial charge in [-0.1, -0.05) is 25.1 Å². The molecule has 0 saturated carbocycles. The molecule has 104 valence electrons. The summed E-state index contributed by atoms with van der Waals surface area (Å²) in [7, 11) is 0. The van der Waals surface area contributed by atoms with Gasteiger partial charge in [0, 0.05) is 25.7 Å². The number of carbonyl (C=O) groups is 2. The Labute approximate surface area is 113 Å². The molecule has 0 spiro atoms. The molecule has 0 heterocycles. The summed E-state index contributed by atoms with van der Waals surface area (Å²) in [6.07, 6.45) is 1.58. The maximum absolute atomic E-state index is 11.7. The number of benzene rings is 1. The van der Waals surface area contributed by atoms with Crippen molar-refractivity contribution >= 4 is 17.6 Å². The Morgan fingerprint density at radius 2 is 1.79 bits per heavy atom. The van der Waals surface area contributed by atoms with E-state index in [4.69, 9.17) is 0 Å². The van der Waals surface area contributed by atoms with Crippen LogP contribution in [0, 0.1) is 0 Å². The maximum atomic E-state index is 11.7. The van der Waals surface area contributed by atoms with Crippen molar-refractivity contribution < 1.29 is 9.59 Å². The van der Waals surface area contributed by atoms with E-state index in [1.807, 2.05) is 31.2 Å². The fourth-order valence-electron chi connectivity index (χ4n) is 1.67. The average molecular weight is 263 g/mol. The van der Waals surface area contributed by atoms with Crippen molar-refractivity contribution in [3.8, 4) is 0 Å². The van der Waals surface area contributed by atoms with Gasteiger partial charge >= 0.3 is 6.03 Å².